The third kappa shape index (κ3) is 5.09. The highest BCUT2D eigenvalue weighted by Crippen LogP contribution is 2.34. The molecule has 1 saturated heterocycles. The average molecular weight is 424 g/mol. The van der Waals surface area contributed by atoms with Crippen LogP contribution in [-0.2, 0) is 9.59 Å². The van der Waals surface area contributed by atoms with E-state index in [9.17, 15) is 14.4 Å². The van der Waals surface area contributed by atoms with Gasteiger partial charge in [0.25, 0.3) is 11.1 Å². The van der Waals surface area contributed by atoms with Gasteiger partial charge in [-0.15, -0.1) is 0 Å². The van der Waals surface area contributed by atoms with Gasteiger partial charge in [-0.25, -0.2) is 0 Å². The van der Waals surface area contributed by atoms with Crippen LogP contribution in [0.4, 0.5) is 10.5 Å². The molecule has 2 aromatic rings. The molecular formula is C22H20N2O5S. The number of hydrogen-bond donors (Lipinski definition) is 1. The van der Waals surface area contributed by atoms with Crippen molar-refractivity contribution in [3.05, 3.63) is 71.7 Å². The molecule has 3 rings (SSSR count). The van der Waals surface area contributed by atoms with Crippen LogP contribution in [0.25, 0.3) is 6.08 Å². The van der Waals surface area contributed by atoms with Crippen LogP contribution in [0.15, 0.2) is 66.1 Å². The minimum Gasteiger partial charge on any atom is -0.493 e. The molecule has 0 unspecified atom stereocenters. The Labute approximate surface area is 178 Å². The monoisotopic (exact) mass is 424 g/mol. The summed E-state index contributed by atoms with van der Waals surface area (Å²) in [6, 6.07) is 14.0. The first-order valence-corrected chi connectivity index (χ1v) is 9.85. The number of carbonyl (C=O) groups excluding carboxylic acids is 3. The Morgan fingerprint density at radius 1 is 1.17 bits per heavy atom. The van der Waals surface area contributed by atoms with Crippen molar-refractivity contribution in [2.24, 2.45) is 0 Å². The van der Waals surface area contributed by atoms with Gasteiger partial charge in [0.1, 0.15) is 13.2 Å². The topological polar surface area (TPSA) is 84.9 Å². The number of benzene rings is 2. The Morgan fingerprint density at radius 2 is 1.93 bits per heavy atom. The lowest BCUT2D eigenvalue weighted by Gasteiger charge is -2.12. The fraction of sp³-hybridized carbons (Fsp3) is 0.136. The van der Waals surface area contributed by atoms with E-state index in [4.69, 9.17) is 9.47 Å². The van der Waals surface area contributed by atoms with Crippen molar-refractivity contribution >= 4 is 40.6 Å². The minimum absolute atomic E-state index is 0.231. The van der Waals surface area contributed by atoms with Gasteiger partial charge >= 0.3 is 0 Å². The highest BCUT2D eigenvalue weighted by atomic mass is 32.2. The number of thioether (sulfide) groups is 1. The summed E-state index contributed by atoms with van der Waals surface area (Å²) in [6.45, 7) is 3.58. The molecule has 1 aliphatic heterocycles. The molecule has 0 bridgehead atoms. The standard InChI is InChI=1S/C22H20N2O5S/c1-3-11-29-17-10-9-15(12-18(17)28-2)13-19-21(26)24(22(27)30-19)14-20(25)23-16-7-5-4-6-8-16/h3-10,12-13H,1,11,14H2,2H3,(H,23,25)/b19-13-. The quantitative estimate of drug-likeness (QED) is 0.510. The number of para-hydroxylation sites is 1. The molecule has 1 aliphatic rings. The summed E-state index contributed by atoms with van der Waals surface area (Å²) in [6.07, 6.45) is 3.21. The first-order chi connectivity index (χ1) is 14.5. The van der Waals surface area contributed by atoms with E-state index in [0.29, 0.717) is 29.4 Å². The number of imide groups is 1. The SMILES string of the molecule is C=CCOc1ccc(/C=C2\SC(=O)N(CC(=O)Nc3ccccc3)C2=O)cc1OC. The zero-order valence-electron chi connectivity index (χ0n) is 16.3. The number of amides is 3. The van der Waals surface area contributed by atoms with E-state index in [-0.39, 0.29) is 11.4 Å². The molecule has 0 saturated carbocycles. The van der Waals surface area contributed by atoms with E-state index in [1.54, 1.807) is 54.6 Å². The van der Waals surface area contributed by atoms with Gasteiger partial charge in [-0.05, 0) is 47.7 Å². The second kappa shape index (κ2) is 9.80. The maximum absolute atomic E-state index is 12.6. The predicted octanol–water partition coefficient (Wildman–Crippen LogP) is 3.94. The van der Waals surface area contributed by atoms with Crippen molar-refractivity contribution in [1.29, 1.82) is 0 Å². The lowest BCUT2D eigenvalue weighted by atomic mass is 10.2. The van der Waals surface area contributed by atoms with Crippen molar-refractivity contribution in [3.8, 4) is 11.5 Å². The molecule has 0 aliphatic carbocycles. The van der Waals surface area contributed by atoms with Crippen molar-refractivity contribution in [3.63, 3.8) is 0 Å². The first-order valence-electron chi connectivity index (χ1n) is 9.04. The highest BCUT2D eigenvalue weighted by Gasteiger charge is 2.36. The molecule has 0 aromatic heterocycles. The second-order valence-corrected chi connectivity index (χ2v) is 7.19. The van der Waals surface area contributed by atoms with E-state index < -0.39 is 17.1 Å². The van der Waals surface area contributed by atoms with Gasteiger partial charge in [-0.3, -0.25) is 19.3 Å². The molecule has 8 heteroatoms. The van der Waals surface area contributed by atoms with Gasteiger partial charge in [-0.1, -0.05) is 36.9 Å². The lowest BCUT2D eigenvalue weighted by Crippen LogP contribution is -2.36. The van der Waals surface area contributed by atoms with Crippen molar-refractivity contribution in [1.82, 2.24) is 4.90 Å². The predicted molar refractivity (Wildman–Crippen MR) is 116 cm³/mol. The second-order valence-electron chi connectivity index (χ2n) is 6.19. The van der Waals surface area contributed by atoms with Crippen molar-refractivity contribution < 1.29 is 23.9 Å². The van der Waals surface area contributed by atoms with E-state index in [1.807, 2.05) is 6.07 Å². The van der Waals surface area contributed by atoms with Gasteiger partial charge in [0, 0.05) is 5.69 Å². The molecule has 154 valence electrons. The molecule has 1 fully saturated rings. The van der Waals surface area contributed by atoms with Crippen LogP contribution in [0.1, 0.15) is 5.56 Å². The molecule has 30 heavy (non-hydrogen) atoms. The zero-order chi connectivity index (χ0) is 21.5. The summed E-state index contributed by atoms with van der Waals surface area (Å²) in [5.41, 5.74) is 1.26. The Balaban J connectivity index is 1.71. The molecule has 0 radical (unpaired) electrons. The normalized spacial score (nSPS) is 14.7. The average Bonchev–Trinajstić information content (AvgIpc) is 3.00. The largest absolute Gasteiger partial charge is 0.493 e. The highest BCUT2D eigenvalue weighted by molar-refractivity contribution is 8.18. The molecule has 1 N–H and O–H groups in total. The van der Waals surface area contributed by atoms with Gasteiger partial charge in [-0.2, -0.15) is 0 Å². The van der Waals surface area contributed by atoms with Crippen molar-refractivity contribution in [2.75, 3.05) is 25.6 Å². The number of methoxy groups -OCH3 is 1. The Hall–Kier alpha value is -3.52. The van der Waals surface area contributed by atoms with Crippen LogP contribution in [0.5, 0.6) is 11.5 Å². The third-order valence-electron chi connectivity index (χ3n) is 4.07. The van der Waals surface area contributed by atoms with Crippen LogP contribution in [0.3, 0.4) is 0 Å². The minimum atomic E-state index is -0.515. The van der Waals surface area contributed by atoms with Gasteiger partial charge < -0.3 is 14.8 Å². The lowest BCUT2D eigenvalue weighted by molar-refractivity contribution is -0.127. The van der Waals surface area contributed by atoms with Gasteiger partial charge in [0.15, 0.2) is 11.5 Å². The Morgan fingerprint density at radius 3 is 2.63 bits per heavy atom. The fourth-order valence-corrected chi connectivity index (χ4v) is 3.53. The number of ether oxygens (including phenoxy) is 2. The van der Waals surface area contributed by atoms with Crippen LogP contribution >= 0.6 is 11.8 Å². The maximum atomic E-state index is 12.6. The number of nitrogens with one attached hydrogen (secondary N) is 1. The summed E-state index contributed by atoms with van der Waals surface area (Å²) in [5.74, 6) is 0.0709. The van der Waals surface area contributed by atoms with Crippen LogP contribution in [0, 0.1) is 0 Å². The van der Waals surface area contributed by atoms with Crippen LogP contribution in [0.2, 0.25) is 0 Å². The number of rotatable bonds is 8. The maximum Gasteiger partial charge on any atom is 0.294 e. The number of hydrogen-bond acceptors (Lipinski definition) is 6. The smallest absolute Gasteiger partial charge is 0.294 e. The number of anilines is 1. The van der Waals surface area contributed by atoms with E-state index in [2.05, 4.69) is 11.9 Å². The van der Waals surface area contributed by atoms with Crippen LogP contribution < -0.4 is 14.8 Å². The Kier molecular flexibility index (Phi) is 6.92. The number of nitrogens with zero attached hydrogens (tertiary/aromatic N) is 1. The summed E-state index contributed by atoms with van der Waals surface area (Å²) in [5, 5.41) is 2.17. The Bertz CT molecular complexity index is 1000. The summed E-state index contributed by atoms with van der Waals surface area (Å²) in [7, 11) is 1.51. The molecule has 1 heterocycles. The summed E-state index contributed by atoms with van der Waals surface area (Å²) >= 11 is 0.790. The van der Waals surface area contributed by atoms with E-state index >= 15 is 0 Å². The van der Waals surface area contributed by atoms with Crippen molar-refractivity contribution in [2.45, 2.75) is 0 Å². The third-order valence-corrected chi connectivity index (χ3v) is 4.98. The zero-order valence-corrected chi connectivity index (χ0v) is 17.1. The van der Waals surface area contributed by atoms with E-state index in [1.165, 1.54) is 7.11 Å². The van der Waals surface area contributed by atoms with Crippen LogP contribution in [-0.4, -0.2) is 42.2 Å². The molecule has 0 spiro atoms. The molecule has 3 amide bonds. The fourth-order valence-electron chi connectivity index (χ4n) is 2.70. The molecular weight excluding hydrogens is 404 g/mol. The van der Waals surface area contributed by atoms with E-state index in [0.717, 1.165) is 16.7 Å². The molecule has 2 aromatic carbocycles. The first kappa shape index (κ1) is 21.2. The molecule has 7 nitrogen and oxygen atoms in total. The van der Waals surface area contributed by atoms with Gasteiger partial charge in [0.05, 0.1) is 12.0 Å². The summed E-state index contributed by atoms with van der Waals surface area (Å²) < 4.78 is 10.8. The molecule has 0 atom stereocenters. The number of carbonyl (C=O) groups is 3. The summed E-state index contributed by atoms with van der Waals surface area (Å²) in [4.78, 5) is 38.3. The van der Waals surface area contributed by atoms with Gasteiger partial charge in [0.2, 0.25) is 5.91 Å².